The predicted octanol–water partition coefficient (Wildman–Crippen LogP) is 4.01. The third-order valence-electron chi connectivity index (χ3n) is 4.17. The zero-order valence-corrected chi connectivity index (χ0v) is 17.3. The van der Waals surface area contributed by atoms with Crippen LogP contribution in [0.1, 0.15) is 76.7 Å². The summed E-state index contributed by atoms with van der Waals surface area (Å²) in [6, 6.07) is 8.36. The Morgan fingerprint density at radius 3 is 1.78 bits per heavy atom. The van der Waals surface area contributed by atoms with Crippen molar-refractivity contribution in [3.8, 4) is 0 Å². The summed E-state index contributed by atoms with van der Waals surface area (Å²) in [6.45, 7) is 2.29. The molecule has 0 aromatic heterocycles. The molecule has 0 aliphatic heterocycles. The number of benzene rings is 1. The first-order chi connectivity index (χ1) is 10.7. The Kier molecular flexibility index (Phi) is 15.8. The van der Waals surface area contributed by atoms with E-state index in [4.69, 9.17) is 11.6 Å². The average Bonchev–Trinajstić information content (AvgIpc) is 2.51. The normalized spacial score (nSPS) is 12.0. The van der Waals surface area contributed by atoms with E-state index in [1.165, 1.54) is 81.3 Å². The van der Waals surface area contributed by atoms with E-state index in [2.05, 4.69) is 25.3 Å². The monoisotopic (exact) mass is 376 g/mol. The molecule has 0 amide bonds. The average molecular weight is 377 g/mol. The second kappa shape index (κ2) is 15.7. The lowest BCUT2D eigenvalue weighted by molar-refractivity contribution is -0.00000474. The standard InChI is InChI=1S/C20H34ClS.ClH/c1-3-4-5-6-7-8-9-10-11-12-17-22(2)18-19-13-15-20(21)16-14-19;/h13-16H,3-12,17-18H2,1-2H3;1H/q+1;/p-1. The molecule has 1 aromatic rings. The molecule has 0 aliphatic rings. The topological polar surface area (TPSA) is 0 Å². The fourth-order valence-electron chi connectivity index (χ4n) is 2.77. The SMILES string of the molecule is CCCCCCCCCCCC[S+](C)Cc1ccc(Cl)cc1.[Cl-]. The highest BCUT2D eigenvalue weighted by atomic mass is 35.5. The Hall–Kier alpha value is 0.150. The van der Waals surface area contributed by atoms with Gasteiger partial charge in [0, 0.05) is 10.6 Å². The first kappa shape index (κ1) is 23.1. The molecular formula is C20H34Cl2S. The van der Waals surface area contributed by atoms with E-state index in [0.29, 0.717) is 10.9 Å². The highest BCUT2D eigenvalue weighted by Gasteiger charge is 2.11. The molecule has 0 N–H and O–H groups in total. The maximum Gasteiger partial charge on any atom is 0.132 e. The molecule has 1 aromatic carbocycles. The number of hydrogen-bond acceptors (Lipinski definition) is 0. The fourth-order valence-corrected chi connectivity index (χ4v) is 4.50. The van der Waals surface area contributed by atoms with Gasteiger partial charge in [0.05, 0.1) is 6.26 Å². The maximum absolute atomic E-state index is 5.93. The number of halogens is 2. The Labute approximate surface area is 158 Å². The molecule has 0 aliphatic carbocycles. The predicted molar refractivity (Wildman–Crippen MR) is 105 cm³/mol. The lowest BCUT2D eigenvalue weighted by Crippen LogP contribution is -3.00. The second-order valence-electron chi connectivity index (χ2n) is 6.44. The van der Waals surface area contributed by atoms with E-state index in [1.54, 1.807) is 0 Å². The van der Waals surface area contributed by atoms with Crippen molar-refractivity contribution in [1.82, 2.24) is 0 Å². The van der Waals surface area contributed by atoms with Crippen LogP contribution in [0.15, 0.2) is 24.3 Å². The molecule has 0 radical (unpaired) electrons. The lowest BCUT2D eigenvalue weighted by Gasteiger charge is -2.05. The van der Waals surface area contributed by atoms with Gasteiger partial charge in [-0.15, -0.1) is 0 Å². The van der Waals surface area contributed by atoms with Crippen molar-refractivity contribution in [2.75, 3.05) is 12.0 Å². The van der Waals surface area contributed by atoms with E-state index in [9.17, 15) is 0 Å². The Bertz CT molecular complexity index is 364. The zero-order chi connectivity index (χ0) is 16.0. The minimum absolute atomic E-state index is 0. The van der Waals surface area contributed by atoms with Gasteiger partial charge in [-0.2, -0.15) is 0 Å². The first-order valence-electron chi connectivity index (χ1n) is 9.06. The summed E-state index contributed by atoms with van der Waals surface area (Å²) in [4.78, 5) is 0. The Balaban J connectivity index is 0.00000484. The fraction of sp³-hybridized carbons (Fsp3) is 0.700. The Morgan fingerprint density at radius 2 is 1.26 bits per heavy atom. The zero-order valence-electron chi connectivity index (χ0n) is 15.0. The summed E-state index contributed by atoms with van der Waals surface area (Å²) in [5.74, 6) is 2.60. The van der Waals surface area contributed by atoms with Gasteiger partial charge in [-0.25, -0.2) is 0 Å². The van der Waals surface area contributed by atoms with Crippen LogP contribution in [0.25, 0.3) is 0 Å². The second-order valence-corrected chi connectivity index (χ2v) is 9.13. The first-order valence-corrected chi connectivity index (χ1v) is 11.4. The van der Waals surface area contributed by atoms with Gasteiger partial charge in [0.25, 0.3) is 0 Å². The van der Waals surface area contributed by atoms with Crippen LogP contribution in [0, 0.1) is 0 Å². The van der Waals surface area contributed by atoms with E-state index >= 15 is 0 Å². The van der Waals surface area contributed by atoms with Crippen LogP contribution in [0.3, 0.4) is 0 Å². The third kappa shape index (κ3) is 13.2. The molecule has 0 spiro atoms. The summed E-state index contributed by atoms with van der Waals surface area (Å²) >= 11 is 5.93. The number of hydrogen-bond donors (Lipinski definition) is 0. The van der Waals surface area contributed by atoms with Crippen LogP contribution in [0.4, 0.5) is 0 Å². The van der Waals surface area contributed by atoms with Gasteiger partial charge in [-0.1, -0.05) is 82.0 Å². The molecule has 134 valence electrons. The quantitative estimate of drug-likeness (QED) is 0.360. The molecule has 1 rings (SSSR count). The van der Waals surface area contributed by atoms with E-state index in [1.807, 2.05) is 12.1 Å². The molecule has 1 atom stereocenters. The van der Waals surface area contributed by atoms with Crippen LogP contribution in [-0.2, 0) is 16.6 Å². The molecule has 23 heavy (non-hydrogen) atoms. The smallest absolute Gasteiger partial charge is 0.132 e. The molecule has 0 bridgehead atoms. The van der Waals surface area contributed by atoms with Gasteiger partial charge in [0.1, 0.15) is 11.5 Å². The minimum atomic E-state index is 0. The molecule has 0 saturated heterocycles. The van der Waals surface area contributed by atoms with Crippen molar-refractivity contribution >= 4 is 22.5 Å². The Morgan fingerprint density at radius 1 is 0.783 bits per heavy atom. The van der Waals surface area contributed by atoms with Crippen molar-refractivity contribution < 1.29 is 12.4 Å². The van der Waals surface area contributed by atoms with Crippen molar-refractivity contribution in [1.29, 1.82) is 0 Å². The molecule has 0 heterocycles. The van der Waals surface area contributed by atoms with Gasteiger partial charge in [0.2, 0.25) is 0 Å². The van der Waals surface area contributed by atoms with Crippen LogP contribution < -0.4 is 12.4 Å². The maximum atomic E-state index is 5.93. The van der Waals surface area contributed by atoms with Crippen molar-refractivity contribution in [2.24, 2.45) is 0 Å². The third-order valence-corrected chi connectivity index (χ3v) is 6.24. The number of unbranched alkanes of at least 4 members (excludes halogenated alkanes) is 9. The molecule has 0 fully saturated rings. The number of rotatable bonds is 13. The molecule has 0 saturated carbocycles. The lowest BCUT2D eigenvalue weighted by atomic mass is 10.1. The van der Waals surface area contributed by atoms with Gasteiger partial charge in [-0.05, 0) is 35.9 Å². The summed E-state index contributed by atoms with van der Waals surface area (Å²) < 4.78 is 0. The molecule has 1 unspecified atom stereocenters. The van der Waals surface area contributed by atoms with Crippen LogP contribution in [0.2, 0.25) is 5.02 Å². The summed E-state index contributed by atoms with van der Waals surface area (Å²) in [5, 5.41) is 0.842. The van der Waals surface area contributed by atoms with E-state index in [0.717, 1.165) is 5.02 Å². The van der Waals surface area contributed by atoms with Crippen molar-refractivity contribution in [3.05, 3.63) is 34.9 Å². The van der Waals surface area contributed by atoms with Gasteiger partial charge in [0.15, 0.2) is 0 Å². The summed E-state index contributed by atoms with van der Waals surface area (Å²) in [7, 11) is 0.517. The van der Waals surface area contributed by atoms with E-state index < -0.39 is 0 Å². The van der Waals surface area contributed by atoms with Crippen LogP contribution >= 0.6 is 11.6 Å². The van der Waals surface area contributed by atoms with Gasteiger partial charge in [-0.3, -0.25) is 0 Å². The minimum Gasteiger partial charge on any atom is -1.00 e. The van der Waals surface area contributed by atoms with Crippen molar-refractivity contribution in [2.45, 2.75) is 76.9 Å². The van der Waals surface area contributed by atoms with E-state index in [-0.39, 0.29) is 12.4 Å². The molecule has 3 heteroatoms. The van der Waals surface area contributed by atoms with Gasteiger partial charge >= 0.3 is 0 Å². The van der Waals surface area contributed by atoms with Crippen molar-refractivity contribution in [3.63, 3.8) is 0 Å². The summed E-state index contributed by atoms with van der Waals surface area (Å²) in [5.41, 5.74) is 1.43. The highest BCUT2D eigenvalue weighted by molar-refractivity contribution is 7.95. The van der Waals surface area contributed by atoms with Crippen LogP contribution in [0.5, 0.6) is 0 Å². The molecule has 0 nitrogen and oxygen atoms in total. The van der Waals surface area contributed by atoms with Gasteiger partial charge < -0.3 is 12.4 Å². The largest absolute Gasteiger partial charge is 1.00 e. The summed E-state index contributed by atoms with van der Waals surface area (Å²) in [6.07, 6.45) is 16.7. The highest BCUT2D eigenvalue weighted by Crippen LogP contribution is 2.15. The van der Waals surface area contributed by atoms with Crippen LogP contribution in [-0.4, -0.2) is 12.0 Å². The molecular weight excluding hydrogens is 343 g/mol.